The standard InChI is InChI=1S/C19H26N4O3S.ClH/c20-13-14-5-9-23(10-6-14)19(24)15-7-11-22(12-8-15)18-16-3-1-2-4-17(16)27(25,26)21-18;/h1-4,14-15H,5-13,20H2;1H. The lowest BCUT2D eigenvalue weighted by Crippen LogP contribution is -2.47. The van der Waals surface area contributed by atoms with Crippen LogP contribution in [0, 0.1) is 11.8 Å². The number of hydrogen-bond acceptors (Lipinski definition) is 5. The number of rotatable bonds is 2. The number of sulfonamides is 1. The van der Waals surface area contributed by atoms with E-state index in [-0.39, 0.29) is 29.1 Å². The van der Waals surface area contributed by atoms with Crippen LogP contribution in [0.3, 0.4) is 0 Å². The number of hydrogen-bond donors (Lipinski definition) is 1. The van der Waals surface area contributed by atoms with Crippen LogP contribution in [0.4, 0.5) is 0 Å². The molecule has 2 saturated heterocycles. The van der Waals surface area contributed by atoms with E-state index in [1.165, 1.54) is 0 Å². The predicted octanol–water partition coefficient (Wildman–Crippen LogP) is 1.47. The lowest BCUT2D eigenvalue weighted by molar-refractivity contribution is -0.138. The minimum atomic E-state index is -3.60. The van der Waals surface area contributed by atoms with Gasteiger partial charge in [0.2, 0.25) is 5.91 Å². The van der Waals surface area contributed by atoms with Crippen molar-refractivity contribution in [3.63, 3.8) is 0 Å². The van der Waals surface area contributed by atoms with E-state index in [1.54, 1.807) is 18.2 Å². The minimum absolute atomic E-state index is 0. The average Bonchev–Trinajstić information content (AvgIpc) is 2.99. The number of piperidine rings is 2. The first-order valence-electron chi connectivity index (χ1n) is 9.68. The van der Waals surface area contributed by atoms with Crippen molar-refractivity contribution in [2.75, 3.05) is 32.7 Å². The van der Waals surface area contributed by atoms with Gasteiger partial charge in [-0.25, -0.2) is 0 Å². The minimum Gasteiger partial charge on any atom is -0.355 e. The molecule has 1 aromatic carbocycles. The maximum Gasteiger partial charge on any atom is 0.285 e. The highest BCUT2D eigenvalue weighted by atomic mass is 35.5. The Morgan fingerprint density at radius 1 is 1.07 bits per heavy atom. The summed E-state index contributed by atoms with van der Waals surface area (Å²) < 4.78 is 28.5. The van der Waals surface area contributed by atoms with E-state index >= 15 is 0 Å². The molecule has 0 radical (unpaired) electrons. The first kappa shape index (κ1) is 21.1. The van der Waals surface area contributed by atoms with Crippen molar-refractivity contribution in [3.8, 4) is 0 Å². The predicted molar refractivity (Wildman–Crippen MR) is 110 cm³/mol. The quantitative estimate of drug-likeness (QED) is 0.772. The van der Waals surface area contributed by atoms with Crippen LogP contribution in [0.5, 0.6) is 0 Å². The van der Waals surface area contributed by atoms with Gasteiger partial charge in [-0.2, -0.15) is 8.42 Å². The number of nitrogens with two attached hydrogens (primary N) is 1. The third kappa shape index (κ3) is 3.90. The molecule has 28 heavy (non-hydrogen) atoms. The fourth-order valence-electron chi connectivity index (χ4n) is 4.30. The molecule has 0 spiro atoms. The van der Waals surface area contributed by atoms with Gasteiger partial charge in [0.15, 0.2) is 5.84 Å². The highest BCUT2D eigenvalue weighted by molar-refractivity contribution is 7.90. The second kappa shape index (κ2) is 8.39. The van der Waals surface area contributed by atoms with E-state index in [4.69, 9.17) is 5.73 Å². The van der Waals surface area contributed by atoms with Gasteiger partial charge < -0.3 is 15.5 Å². The first-order chi connectivity index (χ1) is 13.0. The van der Waals surface area contributed by atoms with E-state index in [9.17, 15) is 13.2 Å². The van der Waals surface area contributed by atoms with Crippen molar-refractivity contribution < 1.29 is 13.2 Å². The van der Waals surface area contributed by atoms with Crippen molar-refractivity contribution in [2.24, 2.45) is 22.0 Å². The van der Waals surface area contributed by atoms with E-state index in [2.05, 4.69) is 4.40 Å². The third-order valence-electron chi connectivity index (χ3n) is 6.02. The molecule has 0 aliphatic carbocycles. The zero-order chi connectivity index (χ0) is 19.0. The number of amidine groups is 1. The summed E-state index contributed by atoms with van der Waals surface area (Å²) in [6, 6.07) is 6.95. The molecular formula is C19H27ClN4O3S. The SMILES string of the molecule is Cl.NCC1CCN(C(=O)C2CCN(C3=NS(=O)(=O)c4ccccc43)CC2)CC1. The Hall–Kier alpha value is -1.64. The third-order valence-corrected chi connectivity index (χ3v) is 7.34. The summed E-state index contributed by atoms with van der Waals surface area (Å²) >= 11 is 0. The summed E-state index contributed by atoms with van der Waals surface area (Å²) in [6.07, 6.45) is 3.45. The van der Waals surface area contributed by atoms with Crippen molar-refractivity contribution in [1.82, 2.24) is 9.80 Å². The van der Waals surface area contributed by atoms with Crippen LogP contribution in [0.1, 0.15) is 31.2 Å². The number of amides is 1. The first-order valence-corrected chi connectivity index (χ1v) is 11.1. The van der Waals surface area contributed by atoms with Crippen LogP contribution in [0.15, 0.2) is 33.6 Å². The number of likely N-dealkylation sites (tertiary alicyclic amines) is 2. The number of benzene rings is 1. The Bertz CT molecular complexity index is 858. The van der Waals surface area contributed by atoms with E-state index in [0.29, 0.717) is 37.0 Å². The maximum absolute atomic E-state index is 12.8. The monoisotopic (exact) mass is 426 g/mol. The molecule has 7 nitrogen and oxygen atoms in total. The molecule has 0 saturated carbocycles. The molecule has 0 atom stereocenters. The molecule has 0 aromatic heterocycles. The van der Waals surface area contributed by atoms with Gasteiger partial charge in [-0.15, -0.1) is 16.8 Å². The molecule has 2 N–H and O–H groups in total. The largest absolute Gasteiger partial charge is 0.355 e. The maximum atomic E-state index is 12.8. The molecule has 4 rings (SSSR count). The molecule has 3 aliphatic rings. The highest BCUT2D eigenvalue weighted by Crippen LogP contribution is 2.30. The number of halogens is 1. The van der Waals surface area contributed by atoms with Crippen LogP contribution in [0.25, 0.3) is 0 Å². The van der Waals surface area contributed by atoms with Crippen molar-refractivity contribution in [3.05, 3.63) is 29.8 Å². The van der Waals surface area contributed by atoms with Gasteiger partial charge in [0.25, 0.3) is 10.0 Å². The number of carbonyl (C=O) groups excluding carboxylic acids is 1. The van der Waals surface area contributed by atoms with Crippen LogP contribution >= 0.6 is 12.4 Å². The van der Waals surface area contributed by atoms with Crippen molar-refractivity contribution >= 4 is 34.2 Å². The van der Waals surface area contributed by atoms with Crippen molar-refractivity contribution in [2.45, 2.75) is 30.6 Å². The zero-order valence-electron chi connectivity index (χ0n) is 15.8. The summed E-state index contributed by atoms with van der Waals surface area (Å²) in [6.45, 7) is 3.61. The molecular weight excluding hydrogens is 400 g/mol. The normalized spacial score (nSPS) is 22.4. The van der Waals surface area contributed by atoms with Crippen molar-refractivity contribution in [1.29, 1.82) is 0 Å². The molecule has 154 valence electrons. The summed E-state index contributed by atoms with van der Waals surface area (Å²) in [5.74, 6) is 1.33. The zero-order valence-corrected chi connectivity index (χ0v) is 17.4. The Kier molecular flexibility index (Phi) is 6.31. The molecule has 2 fully saturated rings. The van der Waals surface area contributed by atoms with Gasteiger partial charge in [-0.1, -0.05) is 12.1 Å². The van der Waals surface area contributed by atoms with E-state index in [1.807, 2.05) is 15.9 Å². The Morgan fingerprint density at radius 2 is 1.71 bits per heavy atom. The molecule has 1 amide bonds. The lowest BCUT2D eigenvalue weighted by Gasteiger charge is -2.37. The van der Waals surface area contributed by atoms with Gasteiger partial charge in [0.05, 0.1) is 0 Å². The fourth-order valence-corrected chi connectivity index (χ4v) is 5.53. The molecule has 0 bridgehead atoms. The Labute approximate surface area is 172 Å². The van der Waals surface area contributed by atoms with Crippen LogP contribution in [-0.4, -0.2) is 62.7 Å². The van der Waals surface area contributed by atoms with E-state index < -0.39 is 10.0 Å². The van der Waals surface area contributed by atoms with Gasteiger partial charge in [-0.3, -0.25) is 4.79 Å². The molecule has 1 aromatic rings. The summed E-state index contributed by atoms with van der Waals surface area (Å²) in [4.78, 5) is 17.1. The highest BCUT2D eigenvalue weighted by Gasteiger charge is 2.35. The molecule has 9 heteroatoms. The van der Waals surface area contributed by atoms with E-state index in [0.717, 1.165) is 38.8 Å². The van der Waals surface area contributed by atoms with Gasteiger partial charge in [-0.05, 0) is 50.3 Å². The molecule has 0 unspecified atom stereocenters. The second-order valence-corrected chi connectivity index (χ2v) is 9.22. The summed E-state index contributed by atoms with van der Waals surface area (Å²) in [7, 11) is -3.60. The van der Waals surface area contributed by atoms with Gasteiger partial charge in [0.1, 0.15) is 4.90 Å². The fraction of sp³-hybridized carbons (Fsp3) is 0.579. The molecule has 3 aliphatic heterocycles. The lowest BCUT2D eigenvalue weighted by atomic mass is 9.92. The van der Waals surface area contributed by atoms with Gasteiger partial charge in [0, 0.05) is 37.7 Å². The topological polar surface area (TPSA) is 96.1 Å². The van der Waals surface area contributed by atoms with Gasteiger partial charge >= 0.3 is 0 Å². The number of fused-ring (bicyclic) bond motifs is 1. The molecule has 3 heterocycles. The van der Waals surface area contributed by atoms with Crippen LogP contribution in [0.2, 0.25) is 0 Å². The Balaban J connectivity index is 0.00000225. The number of nitrogens with zero attached hydrogens (tertiary/aromatic N) is 3. The summed E-state index contributed by atoms with van der Waals surface area (Å²) in [5.41, 5.74) is 6.41. The smallest absolute Gasteiger partial charge is 0.285 e. The Morgan fingerprint density at radius 3 is 2.36 bits per heavy atom. The van der Waals surface area contributed by atoms with Crippen LogP contribution < -0.4 is 5.73 Å². The number of carbonyl (C=O) groups is 1. The average molecular weight is 427 g/mol. The summed E-state index contributed by atoms with van der Waals surface area (Å²) in [5, 5.41) is 0. The van der Waals surface area contributed by atoms with Crippen LogP contribution in [-0.2, 0) is 14.8 Å². The second-order valence-electron chi connectivity index (χ2n) is 7.65.